The van der Waals surface area contributed by atoms with Gasteiger partial charge in [-0.05, 0) is 37.3 Å². The number of halogens is 1. The van der Waals surface area contributed by atoms with E-state index in [9.17, 15) is 4.79 Å². The predicted octanol–water partition coefficient (Wildman–Crippen LogP) is 2.54. The number of benzene rings is 1. The topological polar surface area (TPSA) is 41.1 Å². The Bertz CT molecular complexity index is 435. The Kier molecular flexibility index (Phi) is 4.92. The fourth-order valence-corrected chi connectivity index (χ4v) is 2.28. The largest absolute Gasteiger partial charge is 0.351 e. The van der Waals surface area contributed by atoms with Gasteiger partial charge >= 0.3 is 0 Å². The highest BCUT2D eigenvalue weighted by Gasteiger charge is 2.19. The summed E-state index contributed by atoms with van der Waals surface area (Å²) >= 11 is 7.63. The number of amides is 1. The average molecular weight is 285 g/mol. The van der Waals surface area contributed by atoms with Crippen LogP contribution in [-0.2, 0) is 0 Å². The molecule has 0 atom stereocenters. The van der Waals surface area contributed by atoms with Crippen molar-refractivity contribution < 1.29 is 4.79 Å². The molecule has 0 aromatic heterocycles. The van der Waals surface area contributed by atoms with Crippen LogP contribution in [0.1, 0.15) is 23.2 Å². The molecule has 3 nitrogen and oxygen atoms in total. The summed E-state index contributed by atoms with van der Waals surface area (Å²) in [6, 6.07) is 6.19. The van der Waals surface area contributed by atoms with E-state index in [1.165, 1.54) is 12.8 Å². The van der Waals surface area contributed by atoms with Crippen molar-refractivity contribution in [3.8, 4) is 0 Å². The first kappa shape index (κ1) is 13.7. The maximum absolute atomic E-state index is 12.0. The highest BCUT2D eigenvalue weighted by atomic mass is 35.5. The molecule has 0 saturated heterocycles. The van der Waals surface area contributed by atoms with Gasteiger partial charge in [0.05, 0.1) is 10.6 Å². The van der Waals surface area contributed by atoms with Crippen LogP contribution in [0, 0.1) is 0 Å². The lowest BCUT2D eigenvalue weighted by Crippen LogP contribution is -2.32. The molecule has 1 aliphatic rings. The van der Waals surface area contributed by atoms with Crippen LogP contribution in [0.25, 0.3) is 0 Å². The van der Waals surface area contributed by atoms with Gasteiger partial charge in [-0.3, -0.25) is 4.79 Å². The minimum Gasteiger partial charge on any atom is -0.351 e. The van der Waals surface area contributed by atoms with Gasteiger partial charge < -0.3 is 10.6 Å². The molecule has 1 saturated carbocycles. The molecule has 1 amide bonds. The molecule has 0 heterocycles. The highest BCUT2D eigenvalue weighted by molar-refractivity contribution is 7.98. The second-order valence-electron chi connectivity index (χ2n) is 4.33. The number of hydrogen-bond donors (Lipinski definition) is 2. The predicted molar refractivity (Wildman–Crippen MR) is 76.6 cm³/mol. The van der Waals surface area contributed by atoms with E-state index in [0.29, 0.717) is 23.2 Å². The fourth-order valence-electron chi connectivity index (χ4n) is 1.64. The van der Waals surface area contributed by atoms with Gasteiger partial charge in [0.2, 0.25) is 0 Å². The van der Waals surface area contributed by atoms with E-state index in [0.717, 1.165) is 11.4 Å². The molecule has 0 spiro atoms. The minimum atomic E-state index is -0.103. The SMILES string of the molecule is CSc1ccc(Cl)c(C(=O)NCCNC2CC2)c1. The summed E-state index contributed by atoms with van der Waals surface area (Å²) in [5, 5.41) is 6.73. The molecule has 1 aromatic carbocycles. The number of thioether (sulfide) groups is 1. The number of carbonyl (C=O) groups is 1. The van der Waals surface area contributed by atoms with Crippen LogP contribution in [0.5, 0.6) is 0 Å². The van der Waals surface area contributed by atoms with Gasteiger partial charge in [-0.15, -0.1) is 11.8 Å². The summed E-state index contributed by atoms with van der Waals surface area (Å²) in [6.45, 7) is 1.45. The van der Waals surface area contributed by atoms with Crippen molar-refractivity contribution in [3.05, 3.63) is 28.8 Å². The lowest BCUT2D eigenvalue weighted by Gasteiger charge is -2.08. The van der Waals surface area contributed by atoms with Crippen molar-refractivity contribution in [2.24, 2.45) is 0 Å². The second kappa shape index (κ2) is 6.45. The van der Waals surface area contributed by atoms with E-state index < -0.39 is 0 Å². The summed E-state index contributed by atoms with van der Waals surface area (Å²) in [6.07, 6.45) is 4.50. The summed E-state index contributed by atoms with van der Waals surface area (Å²) in [4.78, 5) is 13.0. The number of hydrogen-bond acceptors (Lipinski definition) is 3. The molecular weight excluding hydrogens is 268 g/mol. The van der Waals surface area contributed by atoms with Gasteiger partial charge in [-0.2, -0.15) is 0 Å². The average Bonchev–Trinajstić information content (AvgIpc) is 3.19. The van der Waals surface area contributed by atoms with Crippen molar-refractivity contribution in [1.29, 1.82) is 0 Å². The molecule has 0 bridgehead atoms. The number of carbonyl (C=O) groups excluding carboxylic acids is 1. The van der Waals surface area contributed by atoms with E-state index >= 15 is 0 Å². The Hall–Kier alpha value is -0.710. The first-order valence-electron chi connectivity index (χ1n) is 6.06. The maximum Gasteiger partial charge on any atom is 0.252 e. The zero-order valence-electron chi connectivity index (χ0n) is 10.3. The molecule has 18 heavy (non-hydrogen) atoms. The third-order valence-corrected chi connectivity index (χ3v) is 3.89. The third-order valence-electron chi connectivity index (χ3n) is 2.84. The summed E-state index contributed by atoms with van der Waals surface area (Å²) in [7, 11) is 0. The normalized spacial score (nSPS) is 14.6. The van der Waals surface area contributed by atoms with Crippen LogP contribution >= 0.6 is 23.4 Å². The van der Waals surface area contributed by atoms with Crippen molar-refractivity contribution in [1.82, 2.24) is 10.6 Å². The Morgan fingerprint density at radius 3 is 2.89 bits per heavy atom. The van der Waals surface area contributed by atoms with Gasteiger partial charge in [0.15, 0.2) is 0 Å². The molecule has 1 fully saturated rings. The van der Waals surface area contributed by atoms with Crippen LogP contribution in [0.4, 0.5) is 0 Å². The minimum absolute atomic E-state index is 0.103. The van der Waals surface area contributed by atoms with Crippen molar-refractivity contribution in [2.75, 3.05) is 19.3 Å². The van der Waals surface area contributed by atoms with E-state index in [2.05, 4.69) is 10.6 Å². The summed E-state index contributed by atoms with van der Waals surface area (Å²) in [5.41, 5.74) is 0.551. The van der Waals surface area contributed by atoms with Crippen molar-refractivity contribution in [3.63, 3.8) is 0 Å². The van der Waals surface area contributed by atoms with Crippen molar-refractivity contribution in [2.45, 2.75) is 23.8 Å². The highest BCUT2D eigenvalue weighted by Crippen LogP contribution is 2.22. The molecule has 0 aliphatic heterocycles. The lowest BCUT2D eigenvalue weighted by molar-refractivity contribution is 0.0954. The molecule has 0 unspecified atom stereocenters. The zero-order chi connectivity index (χ0) is 13.0. The van der Waals surface area contributed by atoms with Gasteiger partial charge in [0, 0.05) is 24.0 Å². The Morgan fingerprint density at radius 2 is 2.22 bits per heavy atom. The van der Waals surface area contributed by atoms with Gasteiger partial charge in [-0.25, -0.2) is 0 Å². The monoisotopic (exact) mass is 284 g/mol. The lowest BCUT2D eigenvalue weighted by atomic mass is 10.2. The smallest absolute Gasteiger partial charge is 0.252 e. The Balaban J connectivity index is 1.86. The molecular formula is C13H17ClN2OS. The summed E-state index contributed by atoms with van der Waals surface area (Å²) in [5.74, 6) is -0.103. The maximum atomic E-state index is 12.0. The van der Waals surface area contributed by atoms with Gasteiger partial charge in [-0.1, -0.05) is 11.6 Å². The Morgan fingerprint density at radius 1 is 1.44 bits per heavy atom. The van der Waals surface area contributed by atoms with Crippen LogP contribution in [0.2, 0.25) is 5.02 Å². The molecule has 98 valence electrons. The number of rotatable bonds is 6. The van der Waals surface area contributed by atoms with E-state index in [1.54, 1.807) is 17.8 Å². The molecule has 1 aromatic rings. The van der Waals surface area contributed by atoms with E-state index in [4.69, 9.17) is 11.6 Å². The van der Waals surface area contributed by atoms with E-state index in [-0.39, 0.29) is 5.91 Å². The molecule has 1 aliphatic carbocycles. The zero-order valence-corrected chi connectivity index (χ0v) is 11.9. The first-order chi connectivity index (χ1) is 8.70. The molecule has 5 heteroatoms. The van der Waals surface area contributed by atoms with E-state index in [1.807, 2.05) is 18.4 Å². The van der Waals surface area contributed by atoms with Gasteiger partial charge in [0.25, 0.3) is 5.91 Å². The quantitative estimate of drug-likeness (QED) is 0.623. The van der Waals surface area contributed by atoms with Crippen LogP contribution in [0.15, 0.2) is 23.1 Å². The Labute approximate surface area is 117 Å². The third kappa shape index (κ3) is 3.90. The van der Waals surface area contributed by atoms with Crippen LogP contribution in [0.3, 0.4) is 0 Å². The molecule has 2 N–H and O–H groups in total. The summed E-state index contributed by atoms with van der Waals surface area (Å²) < 4.78 is 0. The second-order valence-corrected chi connectivity index (χ2v) is 5.62. The van der Waals surface area contributed by atoms with Crippen LogP contribution in [-0.4, -0.2) is 31.3 Å². The molecule has 2 rings (SSSR count). The first-order valence-corrected chi connectivity index (χ1v) is 7.66. The standard InChI is InChI=1S/C13H17ClN2OS/c1-18-10-4-5-12(14)11(8-10)13(17)16-7-6-15-9-2-3-9/h4-5,8-9,15H,2-3,6-7H2,1H3,(H,16,17). The fraction of sp³-hybridized carbons (Fsp3) is 0.462. The number of nitrogens with one attached hydrogen (secondary N) is 2. The molecule has 0 radical (unpaired) electrons. The van der Waals surface area contributed by atoms with Gasteiger partial charge in [0.1, 0.15) is 0 Å². The van der Waals surface area contributed by atoms with Crippen molar-refractivity contribution >= 4 is 29.3 Å². The van der Waals surface area contributed by atoms with Crippen LogP contribution < -0.4 is 10.6 Å².